The number of hydrogen-bond donors (Lipinski definition) is 3. The molecule has 5 unspecified atom stereocenters. The Labute approximate surface area is 253 Å². The van der Waals surface area contributed by atoms with E-state index in [0.717, 1.165) is 51.4 Å². The molecule has 0 spiro atoms. The molecule has 7 rings (SSSR count). The van der Waals surface area contributed by atoms with Crippen LogP contribution in [-0.2, 0) is 14.3 Å². The molecule has 4 saturated carbocycles. The molecule has 0 radical (unpaired) electrons. The first-order valence-electron chi connectivity index (χ1n) is 17.1. The van der Waals surface area contributed by atoms with Gasteiger partial charge in [0.05, 0.1) is 6.10 Å². The van der Waals surface area contributed by atoms with E-state index < -0.39 is 36.8 Å². The Morgan fingerprint density at radius 3 is 2.36 bits per heavy atom. The van der Waals surface area contributed by atoms with E-state index in [1.54, 1.807) is 5.57 Å². The number of allylic oxidation sites excluding steroid dienone is 2. The van der Waals surface area contributed by atoms with Crippen LogP contribution in [0.3, 0.4) is 0 Å². The summed E-state index contributed by atoms with van der Waals surface area (Å²) in [4.78, 5) is 13.1. The minimum atomic E-state index is -1.14. The average Bonchev–Trinajstić information content (AvgIpc) is 3.70. The van der Waals surface area contributed by atoms with Crippen LogP contribution in [0.1, 0.15) is 119 Å². The molecule has 6 fully saturated rings. The fourth-order valence-electron chi connectivity index (χ4n) is 12.5. The number of ether oxygens (including phenoxy) is 2. The zero-order chi connectivity index (χ0) is 30.3. The molecule has 2 saturated heterocycles. The summed E-state index contributed by atoms with van der Waals surface area (Å²) in [6.07, 6.45) is 9.08. The second-order valence-corrected chi connectivity index (χ2v) is 18.0. The van der Waals surface area contributed by atoms with Crippen LogP contribution >= 0.6 is 0 Å². The third-order valence-electron chi connectivity index (χ3n) is 15.4. The smallest absolute Gasteiger partial charge is 0.187 e. The van der Waals surface area contributed by atoms with Crippen LogP contribution in [0.4, 0.5) is 0 Å². The van der Waals surface area contributed by atoms with Gasteiger partial charge in [-0.25, -0.2) is 0 Å². The summed E-state index contributed by atoms with van der Waals surface area (Å²) in [7, 11) is 0. The molecule has 0 aromatic rings. The van der Waals surface area contributed by atoms with Crippen LogP contribution in [-0.4, -0.2) is 57.9 Å². The Bertz CT molecular complexity index is 1180. The number of rotatable bonds is 3. The number of aliphatic hydroxyl groups excluding tert-OH is 3. The van der Waals surface area contributed by atoms with E-state index in [9.17, 15) is 20.1 Å². The molecule has 0 aromatic carbocycles. The molecule has 6 heteroatoms. The molecular weight excluding hydrogens is 528 g/mol. The molecule has 6 nitrogen and oxygen atoms in total. The van der Waals surface area contributed by atoms with Gasteiger partial charge in [-0.15, -0.1) is 0 Å². The van der Waals surface area contributed by atoms with Crippen molar-refractivity contribution in [1.29, 1.82) is 0 Å². The van der Waals surface area contributed by atoms with Gasteiger partial charge in [0.1, 0.15) is 30.2 Å². The van der Waals surface area contributed by atoms with Gasteiger partial charge in [-0.3, -0.25) is 4.79 Å². The van der Waals surface area contributed by atoms with Crippen molar-refractivity contribution in [2.45, 2.75) is 156 Å². The van der Waals surface area contributed by atoms with Gasteiger partial charge < -0.3 is 24.8 Å². The predicted octanol–water partition coefficient (Wildman–Crippen LogP) is 5.95. The van der Waals surface area contributed by atoms with Crippen LogP contribution < -0.4 is 0 Å². The number of aliphatic hydroxyl groups is 3. The van der Waals surface area contributed by atoms with Crippen molar-refractivity contribution in [2.24, 2.45) is 50.2 Å². The van der Waals surface area contributed by atoms with E-state index in [4.69, 9.17) is 9.47 Å². The van der Waals surface area contributed by atoms with Gasteiger partial charge >= 0.3 is 0 Å². The summed E-state index contributed by atoms with van der Waals surface area (Å²) in [5.74, 6) is 1.86. The number of ketones is 1. The van der Waals surface area contributed by atoms with Crippen molar-refractivity contribution in [2.75, 3.05) is 0 Å². The molecule has 0 aromatic heterocycles. The summed E-state index contributed by atoms with van der Waals surface area (Å²) in [5, 5.41) is 33.0. The lowest BCUT2D eigenvalue weighted by atomic mass is 9.33. The molecule has 5 aliphatic carbocycles. The number of carbonyl (C=O) groups is 1. The van der Waals surface area contributed by atoms with Crippen molar-refractivity contribution in [3.63, 3.8) is 0 Å². The topological polar surface area (TPSA) is 99.5 Å². The van der Waals surface area contributed by atoms with Crippen LogP contribution in [0.5, 0.6) is 0 Å². The van der Waals surface area contributed by atoms with Crippen molar-refractivity contribution in [3.8, 4) is 0 Å². The molecule has 3 N–H and O–H groups in total. The van der Waals surface area contributed by atoms with E-state index in [-0.39, 0.29) is 32.5 Å². The van der Waals surface area contributed by atoms with Crippen molar-refractivity contribution in [3.05, 3.63) is 11.6 Å². The normalized spacial score (nSPS) is 54.7. The molecule has 13 atom stereocenters. The zero-order valence-electron chi connectivity index (χ0n) is 27.1. The Morgan fingerprint density at radius 1 is 0.905 bits per heavy atom. The number of epoxide rings is 1. The first-order valence-corrected chi connectivity index (χ1v) is 17.1. The second-order valence-electron chi connectivity index (χ2n) is 18.0. The summed E-state index contributed by atoms with van der Waals surface area (Å²) >= 11 is 0. The van der Waals surface area contributed by atoms with E-state index in [2.05, 4.69) is 54.5 Å². The predicted molar refractivity (Wildman–Crippen MR) is 160 cm³/mol. The maximum Gasteiger partial charge on any atom is 0.187 e. The summed E-state index contributed by atoms with van der Waals surface area (Å²) in [6, 6.07) is 0. The van der Waals surface area contributed by atoms with Crippen LogP contribution in [0.2, 0.25) is 0 Å². The molecule has 0 bridgehead atoms. The Kier molecular flexibility index (Phi) is 6.51. The number of fused-ring (bicyclic) bond motifs is 8. The van der Waals surface area contributed by atoms with Crippen LogP contribution in [0, 0.1) is 50.2 Å². The van der Waals surface area contributed by atoms with Gasteiger partial charge in [0.2, 0.25) is 0 Å². The SMILES string of the molecule is CC1(C)CC[C@]2(C[C@@H](O)[C@@H]3OC4O[C@@H]4[C@H](O)C3O)CC[C@]3(C)C(=CCC4[C@@]5(C)CCC(=O)C(C)(C)C5CC[C@]43C)C2C1. The fourth-order valence-corrected chi connectivity index (χ4v) is 12.5. The highest BCUT2D eigenvalue weighted by molar-refractivity contribution is 5.85. The van der Waals surface area contributed by atoms with Gasteiger partial charge in [-0.1, -0.05) is 60.1 Å². The van der Waals surface area contributed by atoms with Gasteiger partial charge in [0, 0.05) is 11.8 Å². The molecule has 42 heavy (non-hydrogen) atoms. The first-order chi connectivity index (χ1) is 19.5. The third-order valence-corrected chi connectivity index (χ3v) is 15.4. The van der Waals surface area contributed by atoms with Crippen molar-refractivity contribution in [1.82, 2.24) is 0 Å². The Morgan fingerprint density at radius 2 is 1.62 bits per heavy atom. The molecule has 2 heterocycles. The van der Waals surface area contributed by atoms with Gasteiger partial charge in [-0.2, -0.15) is 0 Å². The lowest BCUT2D eigenvalue weighted by Gasteiger charge is -2.71. The maximum atomic E-state index is 13.1. The van der Waals surface area contributed by atoms with E-state index in [1.807, 2.05) is 0 Å². The van der Waals surface area contributed by atoms with E-state index in [1.165, 1.54) is 6.42 Å². The highest BCUT2D eigenvalue weighted by Gasteiger charge is 2.68. The molecule has 2 aliphatic heterocycles. The molecule has 7 aliphatic rings. The molecule has 0 amide bonds. The second kappa shape index (κ2) is 9.15. The fraction of sp³-hybridized carbons (Fsp3) is 0.917. The lowest BCUT2D eigenvalue weighted by Crippen LogP contribution is -2.64. The van der Waals surface area contributed by atoms with Crippen molar-refractivity contribution < 1.29 is 29.6 Å². The molecular formula is C36H56O6. The monoisotopic (exact) mass is 584 g/mol. The quantitative estimate of drug-likeness (QED) is 0.280. The van der Waals surface area contributed by atoms with Crippen molar-refractivity contribution >= 4 is 5.78 Å². The summed E-state index contributed by atoms with van der Waals surface area (Å²) in [5.41, 5.74) is 2.03. The first kappa shape index (κ1) is 29.9. The molecule has 236 valence electrons. The summed E-state index contributed by atoms with van der Waals surface area (Å²) < 4.78 is 11.3. The number of hydrogen-bond acceptors (Lipinski definition) is 6. The maximum absolute atomic E-state index is 13.1. The summed E-state index contributed by atoms with van der Waals surface area (Å²) in [6.45, 7) is 17.0. The van der Waals surface area contributed by atoms with Gasteiger partial charge in [-0.05, 0) is 109 Å². The zero-order valence-corrected chi connectivity index (χ0v) is 27.1. The average molecular weight is 585 g/mol. The standard InChI is InChI=1S/C36H56O6/c1-31(2)14-16-36(19-22(37)28-26(39)27(40)29-30(41-28)42-29)17-15-34(6)20(21(36)18-31)8-9-24-33(5)12-11-25(38)32(3,4)23(33)10-13-35(24,34)7/h8,21-24,26-30,37,39-40H,9-19H2,1-7H3/t21?,22-,23?,24?,26?,27-,28+,29-,30?,33+,34-,35-,36-/m1/s1. The van der Waals surface area contributed by atoms with Gasteiger partial charge in [0.25, 0.3) is 0 Å². The highest BCUT2D eigenvalue weighted by Crippen LogP contribution is 2.76. The highest BCUT2D eigenvalue weighted by atomic mass is 16.8. The minimum absolute atomic E-state index is 0.0425. The van der Waals surface area contributed by atoms with Crippen LogP contribution in [0.15, 0.2) is 11.6 Å². The Hall–Kier alpha value is -0.790. The van der Waals surface area contributed by atoms with E-state index >= 15 is 0 Å². The van der Waals surface area contributed by atoms with Gasteiger partial charge in [0.15, 0.2) is 6.29 Å². The van der Waals surface area contributed by atoms with E-state index in [0.29, 0.717) is 36.4 Å². The largest absolute Gasteiger partial charge is 0.390 e. The minimum Gasteiger partial charge on any atom is -0.390 e. The number of Topliss-reactive ketones (excluding diaryl/α,β-unsaturated/α-hetero) is 1. The Balaban J connectivity index is 1.23. The third kappa shape index (κ3) is 3.90. The lowest BCUT2D eigenvalue weighted by molar-refractivity contribution is -0.194. The van der Waals surface area contributed by atoms with Crippen LogP contribution in [0.25, 0.3) is 0 Å². The number of carbonyl (C=O) groups excluding carboxylic acids is 1.